The van der Waals surface area contributed by atoms with Crippen LogP contribution in [0.4, 0.5) is 0 Å². The van der Waals surface area contributed by atoms with Gasteiger partial charge in [0.05, 0.1) is 19.1 Å². The number of hydrogen-bond acceptors (Lipinski definition) is 6. The molecule has 2 rings (SSSR count). The van der Waals surface area contributed by atoms with E-state index in [0.717, 1.165) is 11.3 Å². The summed E-state index contributed by atoms with van der Waals surface area (Å²) in [4.78, 5) is 22.9. The molecule has 2 aromatic carbocycles. The average molecular weight is 372 g/mol. The van der Waals surface area contributed by atoms with E-state index in [2.05, 4.69) is 15.3 Å². The summed E-state index contributed by atoms with van der Waals surface area (Å²) in [6.45, 7) is -0.160. The molecule has 0 aliphatic rings. The van der Waals surface area contributed by atoms with Gasteiger partial charge in [-0.1, -0.05) is 42.5 Å². The molecule has 0 saturated heterocycles. The molecule has 0 unspecified atom stereocenters. The van der Waals surface area contributed by atoms with Crippen molar-refractivity contribution in [2.75, 3.05) is 19.5 Å². The Morgan fingerprint density at radius 3 is 2.73 bits per heavy atom. The minimum Gasteiger partial charge on any atom is -0.482 e. The van der Waals surface area contributed by atoms with Crippen LogP contribution in [0.3, 0.4) is 0 Å². The fraction of sp³-hybridized carbons (Fsp3) is 0.211. The zero-order chi connectivity index (χ0) is 18.6. The maximum Gasteiger partial charge on any atom is 0.343 e. The lowest BCUT2D eigenvalue weighted by Gasteiger charge is -2.05. The third-order valence-electron chi connectivity index (χ3n) is 3.19. The molecule has 1 amide bonds. The van der Waals surface area contributed by atoms with Crippen LogP contribution < -0.4 is 10.2 Å². The fourth-order valence-corrected chi connectivity index (χ4v) is 2.71. The van der Waals surface area contributed by atoms with Crippen LogP contribution in [0.1, 0.15) is 11.1 Å². The van der Waals surface area contributed by atoms with Crippen molar-refractivity contribution < 1.29 is 19.1 Å². The van der Waals surface area contributed by atoms with Crippen molar-refractivity contribution in [3.8, 4) is 5.75 Å². The molecular formula is C19H20N2O4S. The van der Waals surface area contributed by atoms with Gasteiger partial charge in [0.25, 0.3) is 0 Å². The van der Waals surface area contributed by atoms with Gasteiger partial charge in [0, 0.05) is 5.75 Å². The molecule has 1 N–H and O–H groups in total. The van der Waals surface area contributed by atoms with Crippen LogP contribution >= 0.6 is 11.8 Å². The zero-order valence-electron chi connectivity index (χ0n) is 14.4. The van der Waals surface area contributed by atoms with Crippen molar-refractivity contribution in [1.82, 2.24) is 5.43 Å². The van der Waals surface area contributed by atoms with Crippen LogP contribution in [-0.4, -0.2) is 37.6 Å². The van der Waals surface area contributed by atoms with Gasteiger partial charge in [-0.05, 0) is 23.3 Å². The largest absolute Gasteiger partial charge is 0.482 e. The average Bonchev–Trinajstić information content (AvgIpc) is 2.67. The summed E-state index contributed by atoms with van der Waals surface area (Å²) < 4.78 is 9.81. The van der Waals surface area contributed by atoms with Gasteiger partial charge in [-0.25, -0.2) is 10.2 Å². The SMILES string of the molecule is COC(=O)COc1cccc(/C=N\NC(=O)CSCc2ccccc2)c1. The first-order valence-corrected chi connectivity index (χ1v) is 9.06. The minimum absolute atomic E-state index is 0.160. The first kappa shape index (κ1) is 19.5. The molecule has 0 saturated carbocycles. The highest BCUT2D eigenvalue weighted by Crippen LogP contribution is 2.12. The molecule has 0 aromatic heterocycles. The molecule has 0 aliphatic heterocycles. The monoisotopic (exact) mass is 372 g/mol. The number of benzene rings is 2. The topological polar surface area (TPSA) is 77.0 Å². The zero-order valence-corrected chi connectivity index (χ0v) is 15.2. The van der Waals surface area contributed by atoms with E-state index in [4.69, 9.17) is 4.74 Å². The summed E-state index contributed by atoms with van der Waals surface area (Å²) in [5.41, 5.74) is 4.41. The smallest absolute Gasteiger partial charge is 0.343 e. The predicted molar refractivity (Wildman–Crippen MR) is 102 cm³/mol. The molecule has 0 radical (unpaired) electrons. The van der Waals surface area contributed by atoms with Gasteiger partial charge in [0.15, 0.2) is 6.61 Å². The van der Waals surface area contributed by atoms with Crippen LogP contribution in [0.15, 0.2) is 59.7 Å². The van der Waals surface area contributed by atoms with E-state index in [0.29, 0.717) is 11.5 Å². The summed E-state index contributed by atoms with van der Waals surface area (Å²) in [7, 11) is 1.30. The Kier molecular flexibility index (Phi) is 8.21. The van der Waals surface area contributed by atoms with E-state index in [1.807, 2.05) is 36.4 Å². The highest BCUT2D eigenvalue weighted by molar-refractivity contribution is 7.99. The minimum atomic E-state index is -0.454. The number of nitrogens with zero attached hydrogens (tertiary/aromatic N) is 1. The Hall–Kier alpha value is -2.80. The molecule has 0 spiro atoms. The second kappa shape index (κ2) is 10.9. The quantitative estimate of drug-likeness (QED) is 0.416. The van der Waals surface area contributed by atoms with Crippen molar-refractivity contribution in [3.05, 3.63) is 65.7 Å². The molecule has 0 atom stereocenters. The molecule has 7 heteroatoms. The van der Waals surface area contributed by atoms with Crippen molar-refractivity contribution in [2.45, 2.75) is 5.75 Å². The molecule has 0 fully saturated rings. The Morgan fingerprint density at radius 1 is 1.15 bits per heavy atom. The van der Waals surface area contributed by atoms with Gasteiger partial charge in [-0.3, -0.25) is 4.79 Å². The number of thioether (sulfide) groups is 1. The van der Waals surface area contributed by atoms with Crippen LogP contribution in [0.5, 0.6) is 5.75 Å². The van der Waals surface area contributed by atoms with Crippen LogP contribution in [0, 0.1) is 0 Å². The Bertz CT molecular complexity index is 750. The summed E-state index contributed by atoms with van der Waals surface area (Å²) in [5.74, 6) is 1.00. The van der Waals surface area contributed by atoms with E-state index in [1.165, 1.54) is 30.6 Å². The van der Waals surface area contributed by atoms with Crippen molar-refractivity contribution in [1.29, 1.82) is 0 Å². The van der Waals surface area contributed by atoms with Gasteiger partial charge in [-0.2, -0.15) is 5.10 Å². The number of nitrogens with one attached hydrogen (secondary N) is 1. The second-order valence-corrected chi connectivity index (χ2v) is 6.19. The van der Waals surface area contributed by atoms with Crippen LogP contribution in [-0.2, 0) is 20.1 Å². The summed E-state index contributed by atoms with van der Waals surface area (Å²) in [5, 5.41) is 3.93. The van der Waals surface area contributed by atoms with Gasteiger partial charge >= 0.3 is 5.97 Å². The van der Waals surface area contributed by atoms with Gasteiger partial charge in [0.1, 0.15) is 5.75 Å². The lowest BCUT2D eigenvalue weighted by Crippen LogP contribution is -2.19. The Labute approximate surface area is 156 Å². The molecule has 6 nitrogen and oxygen atoms in total. The summed E-state index contributed by atoms with van der Waals surface area (Å²) in [6, 6.07) is 17.0. The lowest BCUT2D eigenvalue weighted by molar-refractivity contribution is -0.142. The lowest BCUT2D eigenvalue weighted by atomic mass is 10.2. The molecule has 0 aliphatic carbocycles. The van der Waals surface area contributed by atoms with Crippen LogP contribution in [0.2, 0.25) is 0 Å². The number of esters is 1. The van der Waals surface area contributed by atoms with E-state index < -0.39 is 5.97 Å². The highest BCUT2D eigenvalue weighted by atomic mass is 32.2. The van der Waals surface area contributed by atoms with E-state index in [9.17, 15) is 9.59 Å². The van der Waals surface area contributed by atoms with Gasteiger partial charge < -0.3 is 9.47 Å². The number of hydrazone groups is 1. The van der Waals surface area contributed by atoms with E-state index in [-0.39, 0.29) is 12.5 Å². The number of methoxy groups -OCH3 is 1. The predicted octanol–water partition coefficient (Wildman–Crippen LogP) is 2.62. The normalized spacial score (nSPS) is 10.5. The van der Waals surface area contributed by atoms with Crippen molar-refractivity contribution in [2.24, 2.45) is 5.10 Å². The number of hydrogen-bond donors (Lipinski definition) is 1. The first-order valence-electron chi connectivity index (χ1n) is 7.90. The number of carbonyl (C=O) groups is 2. The Balaban J connectivity index is 1.73. The molecular weight excluding hydrogens is 352 g/mol. The first-order chi connectivity index (χ1) is 12.7. The molecule has 26 heavy (non-hydrogen) atoms. The van der Waals surface area contributed by atoms with Gasteiger partial charge in [0.2, 0.25) is 5.91 Å². The number of amides is 1. The number of carbonyl (C=O) groups excluding carboxylic acids is 2. The van der Waals surface area contributed by atoms with Crippen molar-refractivity contribution >= 4 is 29.9 Å². The molecule has 136 valence electrons. The maximum atomic E-state index is 11.8. The third kappa shape index (κ3) is 7.40. The maximum absolute atomic E-state index is 11.8. The fourth-order valence-electron chi connectivity index (χ4n) is 1.93. The standard InChI is InChI=1S/C19H20N2O4S/c1-24-19(23)12-25-17-9-5-8-16(10-17)11-20-21-18(22)14-26-13-15-6-3-2-4-7-15/h2-11H,12-14H2,1H3,(H,21,22)/b20-11-. The third-order valence-corrected chi connectivity index (χ3v) is 4.19. The molecule has 0 heterocycles. The second-order valence-electron chi connectivity index (χ2n) is 5.21. The summed E-state index contributed by atoms with van der Waals surface area (Å²) >= 11 is 1.52. The number of rotatable bonds is 9. The highest BCUT2D eigenvalue weighted by Gasteiger charge is 2.03. The Morgan fingerprint density at radius 2 is 1.96 bits per heavy atom. The van der Waals surface area contributed by atoms with Crippen LogP contribution in [0.25, 0.3) is 0 Å². The number of ether oxygens (including phenoxy) is 2. The van der Waals surface area contributed by atoms with Gasteiger partial charge in [-0.15, -0.1) is 11.8 Å². The van der Waals surface area contributed by atoms with E-state index in [1.54, 1.807) is 18.2 Å². The van der Waals surface area contributed by atoms with E-state index >= 15 is 0 Å². The van der Waals surface area contributed by atoms with Crippen molar-refractivity contribution in [3.63, 3.8) is 0 Å². The molecule has 0 bridgehead atoms. The molecule has 2 aromatic rings. The summed E-state index contributed by atoms with van der Waals surface area (Å²) in [6.07, 6.45) is 1.52.